The predicted octanol–water partition coefficient (Wildman–Crippen LogP) is 5.20. The lowest BCUT2D eigenvalue weighted by Crippen LogP contribution is -2.47. The first-order valence-corrected chi connectivity index (χ1v) is 10.2. The van der Waals surface area contributed by atoms with Crippen LogP contribution in [-0.4, -0.2) is 19.8 Å². The number of thioether (sulfide) groups is 1. The lowest BCUT2D eigenvalue weighted by Gasteiger charge is -2.43. The minimum atomic E-state index is -1.69. The third-order valence-corrected chi connectivity index (χ3v) is 10.9. The molecule has 0 unspecified atom stereocenters. The Labute approximate surface area is 113 Å². The van der Waals surface area contributed by atoms with Gasteiger partial charge in [0.1, 0.15) is 0 Å². The summed E-state index contributed by atoms with van der Waals surface area (Å²) in [7, 11) is -1.69. The van der Waals surface area contributed by atoms with Gasteiger partial charge in [-0.2, -0.15) is 11.8 Å². The highest BCUT2D eigenvalue weighted by atomic mass is 32.2. The van der Waals surface area contributed by atoms with E-state index < -0.39 is 8.32 Å². The van der Waals surface area contributed by atoms with Crippen LogP contribution in [0.3, 0.4) is 0 Å². The Morgan fingerprint density at radius 2 is 1.59 bits per heavy atom. The van der Waals surface area contributed by atoms with Gasteiger partial charge in [-0.15, -0.1) is 0 Å². The summed E-state index contributed by atoms with van der Waals surface area (Å²) in [6.45, 7) is 14.1. The Hall–Kier alpha value is 0.107. The van der Waals surface area contributed by atoms with Crippen LogP contribution >= 0.6 is 11.8 Å². The second-order valence-electron chi connectivity index (χ2n) is 5.92. The molecule has 0 bridgehead atoms. The van der Waals surface area contributed by atoms with Gasteiger partial charge in [-0.1, -0.05) is 41.5 Å². The van der Waals surface area contributed by atoms with E-state index >= 15 is 0 Å². The normalized spacial score (nSPS) is 17.8. The van der Waals surface area contributed by atoms with Gasteiger partial charge in [0.15, 0.2) is 0 Å². The number of rotatable bonds is 5. The largest absolute Gasteiger partial charge is 0.546 e. The number of hydrogen-bond donors (Lipinski definition) is 0. The van der Waals surface area contributed by atoms with Crippen molar-refractivity contribution in [3.63, 3.8) is 0 Å². The van der Waals surface area contributed by atoms with Crippen LogP contribution in [0.2, 0.25) is 16.6 Å². The Kier molecular flexibility index (Phi) is 5.64. The highest BCUT2D eigenvalue weighted by Crippen LogP contribution is 2.44. The second kappa shape index (κ2) is 6.33. The fraction of sp³-hybridized carbons (Fsp3) is 0.857. The average molecular weight is 273 g/mol. The first kappa shape index (κ1) is 15.2. The van der Waals surface area contributed by atoms with E-state index in [-0.39, 0.29) is 0 Å². The molecule has 0 saturated heterocycles. The molecule has 3 heteroatoms. The molecule has 0 aromatic rings. The topological polar surface area (TPSA) is 9.23 Å². The maximum atomic E-state index is 6.65. The fourth-order valence-electron chi connectivity index (χ4n) is 3.18. The van der Waals surface area contributed by atoms with Crippen molar-refractivity contribution < 1.29 is 4.43 Å². The molecule has 1 rings (SSSR count). The zero-order valence-corrected chi connectivity index (χ0v) is 14.1. The molecule has 17 heavy (non-hydrogen) atoms. The van der Waals surface area contributed by atoms with Crippen molar-refractivity contribution in [1.29, 1.82) is 0 Å². The quantitative estimate of drug-likeness (QED) is 0.636. The van der Waals surface area contributed by atoms with Crippen LogP contribution < -0.4 is 0 Å². The molecule has 0 amide bonds. The zero-order chi connectivity index (χ0) is 13.1. The summed E-state index contributed by atoms with van der Waals surface area (Å²) in [4.78, 5) is 0. The van der Waals surface area contributed by atoms with E-state index in [1.54, 1.807) is 0 Å². The highest BCUT2D eigenvalue weighted by Gasteiger charge is 2.47. The van der Waals surface area contributed by atoms with Gasteiger partial charge < -0.3 is 4.43 Å². The second-order valence-corrected chi connectivity index (χ2v) is 12.4. The molecule has 1 heterocycles. The summed E-state index contributed by atoms with van der Waals surface area (Å²) in [6, 6.07) is 0. The lowest BCUT2D eigenvalue weighted by atomic mass is 10.4. The molecule has 0 radical (unpaired) electrons. The van der Waals surface area contributed by atoms with Gasteiger partial charge >= 0.3 is 0 Å². The SMILES string of the molecule is CC(C)[Si](OC1=CCSCC1)(C(C)C)C(C)C. The molecule has 0 atom stereocenters. The van der Waals surface area contributed by atoms with Crippen molar-refractivity contribution in [2.75, 3.05) is 11.5 Å². The molecule has 1 nitrogen and oxygen atoms in total. The van der Waals surface area contributed by atoms with Crippen LogP contribution in [0.15, 0.2) is 11.8 Å². The van der Waals surface area contributed by atoms with Crippen molar-refractivity contribution in [1.82, 2.24) is 0 Å². The van der Waals surface area contributed by atoms with Crippen molar-refractivity contribution in [3.8, 4) is 0 Å². The predicted molar refractivity (Wildman–Crippen MR) is 82.2 cm³/mol. The van der Waals surface area contributed by atoms with E-state index in [0.717, 1.165) is 12.2 Å². The third-order valence-electron chi connectivity index (χ3n) is 3.94. The van der Waals surface area contributed by atoms with E-state index in [9.17, 15) is 0 Å². The molecule has 100 valence electrons. The molecule has 1 aliphatic rings. The van der Waals surface area contributed by atoms with Crippen LogP contribution in [0.1, 0.15) is 48.0 Å². The third kappa shape index (κ3) is 3.31. The summed E-state index contributed by atoms with van der Waals surface area (Å²) in [6.07, 6.45) is 3.44. The molecule has 0 aromatic heterocycles. The van der Waals surface area contributed by atoms with Gasteiger partial charge in [0.25, 0.3) is 8.32 Å². The van der Waals surface area contributed by atoms with Gasteiger partial charge in [0, 0.05) is 17.9 Å². The average Bonchev–Trinajstić information content (AvgIpc) is 2.25. The molecule has 0 saturated carbocycles. The summed E-state index contributed by atoms with van der Waals surface area (Å²) in [5.74, 6) is 3.64. The standard InChI is InChI=1S/C14H28OSSi/c1-11(2)17(12(3)4,13(5)6)15-14-7-9-16-10-8-14/h7,11-13H,8-10H2,1-6H3. The summed E-state index contributed by atoms with van der Waals surface area (Å²) < 4.78 is 6.65. The Morgan fingerprint density at radius 3 is 1.94 bits per heavy atom. The molecule has 0 spiro atoms. The first-order valence-electron chi connectivity index (χ1n) is 6.87. The molecular formula is C14H28OSSi. The smallest absolute Gasteiger partial charge is 0.258 e. The van der Waals surface area contributed by atoms with Gasteiger partial charge in [0.2, 0.25) is 0 Å². The van der Waals surface area contributed by atoms with Gasteiger partial charge in [-0.25, -0.2) is 0 Å². The minimum absolute atomic E-state index is 0.679. The van der Waals surface area contributed by atoms with Crippen LogP contribution in [0.4, 0.5) is 0 Å². The maximum Gasteiger partial charge on any atom is 0.258 e. The number of hydrogen-bond acceptors (Lipinski definition) is 2. The Morgan fingerprint density at radius 1 is 1.06 bits per heavy atom. The van der Waals surface area contributed by atoms with E-state index in [1.807, 2.05) is 11.8 Å². The van der Waals surface area contributed by atoms with Gasteiger partial charge in [0.05, 0.1) is 5.76 Å². The highest BCUT2D eigenvalue weighted by molar-refractivity contribution is 7.99. The Balaban J connectivity index is 2.93. The van der Waals surface area contributed by atoms with Crippen molar-refractivity contribution in [2.45, 2.75) is 64.6 Å². The van der Waals surface area contributed by atoms with Crippen molar-refractivity contribution >= 4 is 20.1 Å². The fourth-order valence-corrected chi connectivity index (χ4v) is 9.35. The molecule has 0 aromatic carbocycles. The molecule has 0 aliphatic carbocycles. The summed E-state index contributed by atoms with van der Waals surface area (Å²) >= 11 is 2.01. The van der Waals surface area contributed by atoms with E-state index in [4.69, 9.17) is 4.43 Å². The van der Waals surface area contributed by atoms with Crippen LogP contribution in [0, 0.1) is 0 Å². The Bertz CT molecular complexity index is 250. The van der Waals surface area contributed by atoms with E-state index in [2.05, 4.69) is 47.6 Å². The molecular weight excluding hydrogens is 244 g/mol. The first-order chi connectivity index (χ1) is 7.91. The summed E-state index contributed by atoms with van der Waals surface area (Å²) in [5.41, 5.74) is 2.04. The minimum Gasteiger partial charge on any atom is -0.546 e. The summed E-state index contributed by atoms with van der Waals surface area (Å²) in [5, 5.41) is 0. The van der Waals surface area contributed by atoms with Crippen LogP contribution in [-0.2, 0) is 4.43 Å². The van der Waals surface area contributed by atoms with Crippen molar-refractivity contribution in [3.05, 3.63) is 11.8 Å². The van der Waals surface area contributed by atoms with Crippen LogP contribution in [0.25, 0.3) is 0 Å². The zero-order valence-electron chi connectivity index (χ0n) is 12.2. The number of allylic oxidation sites excluding steroid dienone is 1. The van der Waals surface area contributed by atoms with Crippen molar-refractivity contribution in [2.24, 2.45) is 0 Å². The molecule has 1 aliphatic heterocycles. The van der Waals surface area contributed by atoms with Gasteiger partial charge in [-0.3, -0.25) is 0 Å². The monoisotopic (exact) mass is 272 g/mol. The molecule has 0 fully saturated rings. The van der Waals surface area contributed by atoms with E-state index in [1.165, 1.54) is 11.5 Å². The molecule has 0 N–H and O–H groups in total. The lowest BCUT2D eigenvalue weighted by molar-refractivity contribution is 0.358. The van der Waals surface area contributed by atoms with Gasteiger partial charge in [-0.05, 0) is 22.7 Å². The maximum absolute atomic E-state index is 6.65. The van der Waals surface area contributed by atoms with Crippen LogP contribution in [0.5, 0.6) is 0 Å². The van der Waals surface area contributed by atoms with E-state index in [0.29, 0.717) is 16.6 Å².